The van der Waals surface area contributed by atoms with Gasteiger partial charge in [-0.1, -0.05) is 5.16 Å². The third kappa shape index (κ3) is 3.76. The number of imidazole rings is 1. The minimum absolute atomic E-state index is 0.160. The third-order valence-electron chi connectivity index (χ3n) is 5.08. The van der Waals surface area contributed by atoms with E-state index in [0.29, 0.717) is 0 Å². The van der Waals surface area contributed by atoms with E-state index in [0.717, 1.165) is 62.0 Å². The molecule has 0 saturated carbocycles. The monoisotopic (exact) mass is 345 g/mol. The fourth-order valence-corrected chi connectivity index (χ4v) is 3.60. The Kier molecular flexibility index (Phi) is 5.22. The summed E-state index contributed by atoms with van der Waals surface area (Å²) in [7, 11) is 2.02. The topological polar surface area (TPSA) is 67.4 Å². The lowest BCUT2D eigenvalue weighted by molar-refractivity contribution is -0.132. The molecule has 0 radical (unpaired) electrons. The quantitative estimate of drug-likeness (QED) is 0.846. The zero-order valence-electron chi connectivity index (χ0n) is 15.5. The molecule has 136 valence electrons. The van der Waals surface area contributed by atoms with E-state index in [2.05, 4.69) is 15.0 Å². The van der Waals surface area contributed by atoms with Crippen molar-refractivity contribution in [2.75, 3.05) is 26.2 Å². The molecule has 1 aliphatic rings. The Morgan fingerprint density at radius 1 is 1.28 bits per heavy atom. The molecule has 0 aromatic carbocycles. The summed E-state index contributed by atoms with van der Waals surface area (Å²) in [5.41, 5.74) is 1.74. The number of aryl methyl sites for hydroxylation is 3. The molecule has 1 amide bonds. The summed E-state index contributed by atoms with van der Waals surface area (Å²) < 4.78 is 7.28. The number of nitrogens with zero attached hydrogens (tertiary/aromatic N) is 5. The van der Waals surface area contributed by atoms with E-state index >= 15 is 0 Å². The first-order valence-electron chi connectivity index (χ1n) is 8.87. The summed E-state index contributed by atoms with van der Waals surface area (Å²) in [6, 6.07) is 0. The van der Waals surface area contributed by atoms with Gasteiger partial charge in [0.05, 0.1) is 18.2 Å². The maximum absolute atomic E-state index is 13.0. The molecule has 0 aliphatic carbocycles. The Bertz CT molecular complexity index is 716. The standard InChI is InChI=1S/C18H27N5O2/c1-13(17-14(2)20-25-15(17)3)18(24)23-8-5-7-22(10-11-23)12-16-19-6-9-21(16)4/h6,9,13H,5,7-8,10-12H2,1-4H3/t13-/m1/s1. The first-order valence-corrected chi connectivity index (χ1v) is 8.87. The van der Waals surface area contributed by atoms with Gasteiger partial charge in [-0.3, -0.25) is 9.69 Å². The van der Waals surface area contributed by atoms with Gasteiger partial charge >= 0.3 is 0 Å². The molecule has 0 unspecified atom stereocenters. The molecule has 0 N–H and O–H groups in total. The van der Waals surface area contributed by atoms with Crippen molar-refractivity contribution in [1.29, 1.82) is 0 Å². The highest BCUT2D eigenvalue weighted by atomic mass is 16.5. The zero-order chi connectivity index (χ0) is 18.0. The van der Waals surface area contributed by atoms with Crippen LogP contribution in [0, 0.1) is 13.8 Å². The second-order valence-electron chi connectivity index (χ2n) is 6.87. The van der Waals surface area contributed by atoms with E-state index in [1.165, 1.54) is 0 Å². The maximum atomic E-state index is 13.0. The van der Waals surface area contributed by atoms with Crippen molar-refractivity contribution in [2.45, 2.75) is 39.7 Å². The number of rotatable bonds is 4. The fourth-order valence-electron chi connectivity index (χ4n) is 3.60. The molecule has 3 rings (SSSR count). The average Bonchev–Trinajstić information content (AvgIpc) is 3.04. The molecule has 3 heterocycles. The van der Waals surface area contributed by atoms with Gasteiger partial charge in [-0.05, 0) is 27.2 Å². The van der Waals surface area contributed by atoms with Crippen LogP contribution in [-0.4, -0.2) is 56.6 Å². The van der Waals surface area contributed by atoms with Crippen LogP contribution in [0.15, 0.2) is 16.9 Å². The van der Waals surface area contributed by atoms with Gasteiger partial charge in [-0.2, -0.15) is 0 Å². The second kappa shape index (κ2) is 7.39. The number of aromatic nitrogens is 3. The van der Waals surface area contributed by atoms with Gasteiger partial charge in [-0.15, -0.1) is 0 Å². The molecule has 1 saturated heterocycles. The highest BCUT2D eigenvalue weighted by Crippen LogP contribution is 2.25. The lowest BCUT2D eigenvalue weighted by atomic mass is 9.98. The molecule has 1 fully saturated rings. The summed E-state index contributed by atoms with van der Waals surface area (Å²) in [6.07, 6.45) is 4.77. The van der Waals surface area contributed by atoms with Crippen LogP contribution < -0.4 is 0 Å². The summed E-state index contributed by atoms with van der Waals surface area (Å²) in [5.74, 6) is 1.74. The molecule has 2 aromatic rings. The molecule has 25 heavy (non-hydrogen) atoms. The highest BCUT2D eigenvalue weighted by Gasteiger charge is 2.28. The van der Waals surface area contributed by atoms with Gasteiger partial charge in [0.15, 0.2) is 0 Å². The lowest BCUT2D eigenvalue weighted by Crippen LogP contribution is -2.37. The van der Waals surface area contributed by atoms with Crippen molar-refractivity contribution < 1.29 is 9.32 Å². The minimum Gasteiger partial charge on any atom is -0.361 e. The Balaban J connectivity index is 1.62. The van der Waals surface area contributed by atoms with Crippen LogP contribution in [0.25, 0.3) is 0 Å². The average molecular weight is 345 g/mol. The molecule has 1 aliphatic heterocycles. The number of hydrogen-bond donors (Lipinski definition) is 0. The summed E-state index contributed by atoms with van der Waals surface area (Å²) in [4.78, 5) is 21.7. The summed E-state index contributed by atoms with van der Waals surface area (Å²) in [6.45, 7) is 9.93. The van der Waals surface area contributed by atoms with E-state index in [4.69, 9.17) is 4.52 Å². The molecule has 0 bridgehead atoms. The van der Waals surface area contributed by atoms with E-state index < -0.39 is 0 Å². The van der Waals surface area contributed by atoms with Gasteiger partial charge in [0, 0.05) is 51.2 Å². The van der Waals surface area contributed by atoms with Crippen LogP contribution in [0.1, 0.15) is 42.1 Å². The van der Waals surface area contributed by atoms with E-state index in [1.54, 1.807) is 0 Å². The highest BCUT2D eigenvalue weighted by molar-refractivity contribution is 5.83. The normalized spacial score (nSPS) is 17.5. The molecular weight excluding hydrogens is 318 g/mol. The zero-order valence-corrected chi connectivity index (χ0v) is 15.5. The number of hydrogen-bond acceptors (Lipinski definition) is 5. The van der Waals surface area contributed by atoms with Gasteiger partial charge in [0.1, 0.15) is 11.6 Å². The minimum atomic E-state index is -0.215. The van der Waals surface area contributed by atoms with Crippen LogP contribution in [0.3, 0.4) is 0 Å². The molecule has 0 spiro atoms. The van der Waals surface area contributed by atoms with Crippen molar-refractivity contribution in [3.8, 4) is 0 Å². The Morgan fingerprint density at radius 3 is 2.72 bits per heavy atom. The van der Waals surface area contributed by atoms with Gasteiger partial charge in [0.25, 0.3) is 0 Å². The fraction of sp³-hybridized carbons (Fsp3) is 0.611. The maximum Gasteiger partial charge on any atom is 0.230 e. The molecule has 7 heteroatoms. The first-order chi connectivity index (χ1) is 12.0. The van der Waals surface area contributed by atoms with Crippen LogP contribution in [0.4, 0.5) is 0 Å². The van der Waals surface area contributed by atoms with Gasteiger partial charge in [-0.25, -0.2) is 4.98 Å². The Labute approximate surface area is 148 Å². The predicted octanol–water partition coefficient (Wildman–Crippen LogP) is 1.86. The Morgan fingerprint density at radius 2 is 2.08 bits per heavy atom. The van der Waals surface area contributed by atoms with Crippen LogP contribution in [-0.2, 0) is 18.4 Å². The second-order valence-corrected chi connectivity index (χ2v) is 6.87. The molecule has 7 nitrogen and oxygen atoms in total. The summed E-state index contributed by atoms with van der Waals surface area (Å²) in [5, 5.41) is 3.98. The summed E-state index contributed by atoms with van der Waals surface area (Å²) >= 11 is 0. The Hall–Kier alpha value is -2.15. The van der Waals surface area contributed by atoms with E-state index in [9.17, 15) is 4.79 Å². The molecule has 2 aromatic heterocycles. The number of amides is 1. The van der Waals surface area contributed by atoms with E-state index in [1.807, 2.05) is 49.7 Å². The smallest absolute Gasteiger partial charge is 0.230 e. The molecule has 1 atom stereocenters. The largest absolute Gasteiger partial charge is 0.361 e. The van der Waals surface area contributed by atoms with Gasteiger partial charge in [0.2, 0.25) is 5.91 Å². The third-order valence-corrected chi connectivity index (χ3v) is 5.08. The predicted molar refractivity (Wildman–Crippen MR) is 94.1 cm³/mol. The van der Waals surface area contributed by atoms with E-state index in [-0.39, 0.29) is 11.8 Å². The lowest BCUT2D eigenvalue weighted by Gasteiger charge is -2.24. The van der Waals surface area contributed by atoms with Crippen molar-refractivity contribution in [3.63, 3.8) is 0 Å². The van der Waals surface area contributed by atoms with Crippen molar-refractivity contribution in [2.24, 2.45) is 7.05 Å². The van der Waals surface area contributed by atoms with Crippen molar-refractivity contribution >= 4 is 5.91 Å². The van der Waals surface area contributed by atoms with Crippen molar-refractivity contribution in [1.82, 2.24) is 24.5 Å². The van der Waals surface area contributed by atoms with Crippen LogP contribution in [0.5, 0.6) is 0 Å². The number of carbonyl (C=O) groups is 1. The number of carbonyl (C=O) groups excluding carboxylic acids is 1. The SMILES string of the molecule is Cc1noc(C)c1[C@@H](C)C(=O)N1CCCN(Cc2nccn2C)CC1. The first kappa shape index (κ1) is 17.7. The van der Waals surface area contributed by atoms with Crippen molar-refractivity contribution in [3.05, 3.63) is 35.2 Å². The van der Waals surface area contributed by atoms with Crippen LogP contribution >= 0.6 is 0 Å². The van der Waals surface area contributed by atoms with Crippen LogP contribution in [0.2, 0.25) is 0 Å². The van der Waals surface area contributed by atoms with Gasteiger partial charge < -0.3 is 14.0 Å². The molecular formula is C18H27N5O2.